The summed E-state index contributed by atoms with van der Waals surface area (Å²) in [6.45, 7) is 4.10. The quantitative estimate of drug-likeness (QED) is 0.458. The fraction of sp³-hybridized carbons (Fsp3) is 0.294. The minimum Gasteiger partial charge on any atom is -0.309 e. The van der Waals surface area contributed by atoms with E-state index in [1.54, 1.807) is 11.3 Å². The number of hydrogen-bond acceptors (Lipinski definition) is 7. The third-order valence-electron chi connectivity index (χ3n) is 3.91. The highest BCUT2D eigenvalue weighted by Crippen LogP contribution is 2.35. The molecular weight excluding hydrogens is 386 g/mol. The van der Waals surface area contributed by atoms with Gasteiger partial charge in [0.15, 0.2) is 0 Å². The van der Waals surface area contributed by atoms with Crippen molar-refractivity contribution in [3.05, 3.63) is 44.9 Å². The predicted octanol–water partition coefficient (Wildman–Crippen LogP) is 4.64. The van der Waals surface area contributed by atoms with Gasteiger partial charge in [0.1, 0.15) is 16.5 Å². The van der Waals surface area contributed by atoms with Gasteiger partial charge in [-0.1, -0.05) is 24.8 Å². The number of aromatic nitrogens is 5. The first-order valence-corrected chi connectivity index (χ1v) is 10.9. The Bertz CT molecular complexity index is 1080. The fourth-order valence-corrected chi connectivity index (χ4v) is 5.23. The predicted molar refractivity (Wildman–Crippen MR) is 108 cm³/mol. The normalized spacial score (nSPS) is 12.7. The molecule has 0 amide bonds. The Morgan fingerprint density at radius 3 is 2.96 bits per heavy atom. The van der Waals surface area contributed by atoms with Crippen LogP contribution in [0.4, 0.5) is 0 Å². The molecule has 1 atom stereocenters. The number of thioether (sulfide) groups is 1. The van der Waals surface area contributed by atoms with E-state index < -0.39 is 0 Å². The summed E-state index contributed by atoms with van der Waals surface area (Å²) in [6.07, 6.45) is 1.90. The lowest BCUT2D eigenvalue weighted by molar-refractivity contribution is 0.840. The van der Waals surface area contributed by atoms with Gasteiger partial charge in [-0.2, -0.15) is 0 Å². The zero-order valence-corrected chi connectivity index (χ0v) is 16.7. The Balaban J connectivity index is 1.63. The van der Waals surface area contributed by atoms with Crippen molar-refractivity contribution in [2.45, 2.75) is 37.1 Å². The number of hydrogen-bond donors (Lipinski definition) is 2. The summed E-state index contributed by atoms with van der Waals surface area (Å²) in [5.74, 6) is 1.53. The molecule has 6 nitrogen and oxygen atoms in total. The van der Waals surface area contributed by atoms with Gasteiger partial charge >= 0.3 is 0 Å². The number of aromatic amines is 2. The van der Waals surface area contributed by atoms with Crippen LogP contribution in [0.5, 0.6) is 0 Å². The zero-order valence-electron chi connectivity index (χ0n) is 14.3. The minimum absolute atomic E-state index is 0.0512. The van der Waals surface area contributed by atoms with Gasteiger partial charge in [0, 0.05) is 22.2 Å². The van der Waals surface area contributed by atoms with E-state index in [1.165, 1.54) is 23.1 Å². The number of H-pyrrole nitrogens is 2. The first-order valence-electron chi connectivity index (χ1n) is 8.29. The number of aryl methyl sites for hydroxylation is 1. The molecule has 0 saturated carbocycles. The summed E-state index contributed by atoms with van der Waals surface area (Å²) in [5, 5.41) is 12.5. The third kappa shape index (κ3) is 3.34. The molecule has 0 aliphatic heterocycles. The summed E-state index contributed by atoms with van der Waals surface area (Å²) < 4.78 is 0. The van der Waals surface area contributed by atoms with Gasteiger partial charge in [0.2, 0.25) is 5.16 Å². The second kappa shape index (κ2) is 7.34. The van der Waals surface area contributed by atoms with E-state index in [0.29, 0.717) is 16.4 Å². The Kier molecular flexibility index (Phi) is 4.92. The number of nitrogens with one attached hydrogen (secondary N) is 2. The van der Waals surface area contributed by atoms with Gasteiger partial charge in [-0.3, -0.25) is 9.89 Å². The molecule has 134 valence electrons. The van der Waals surface area contributed by atoms with Crippen LogP contribution in [0.15, 0.2) is 32.8 Å². The molecule has 0 aliphatic rings. The second-order valence-corrected chi connectivity index (χ2v) is 8.95. The van der Waals surface area contributed by atoms with E-state index in [2.05, 4.69) is 32.1 Å². The zero-order chi connectivity index (χ0) is 18.1. The van der Waals surface area contributed by atoms with Crippen molar-refractivity contribution in [1.29, 1.82) is 0 Å². The molecule has 2 N–H and O–H groups in total. The van der Waals surface area contributed by atoms with Gasteiger partial charge in [-0.25, -0.2) is 9.97 Å². The maximum atomic E-state index is 12.7. The Labute approximate surface area is 162 Å². The standard InChI is InChI=1S/C17H17N5OS3/c1-3-5-12-18-17(22-21-12)26-9(2)14-19-15(23)13-10(8-25-16(13)20-14)11-6-4-7-24-11/h4,6-9H,3,5H2,1-2H3,(H,18,21,22)(H,19,20,23). The average molecular weight is 404 g/mol. The summed E-state index contributed by atoms with van der Waals surface area (Å²) in [4.78, 5) is 26.6. The molecule has 0 aliphatic carbocycles. The van der Waals surface area contributed by atoms with Crippen molar-refractivity contribution >= 4 is 44.7 Å². The number of fused-ring (bicyclic) bond motifs is 1. The van der Waals surface area contributed by atoms with Crippen molar-refractivity contribution in [2.75, 3.05) is 0 Å². The molecule has 0 radical (unpaired) electrons. The Morgan fingerprint density at radius 1 is 1.31 bits per heavy atom. The van der Waals surface area contributed by atoms with Crippen LogP contribution in [0.25, 0.3) is 20.7 Å². The number of rotatable bonds is 6. The largest absolute Gasteiger partial charge is 0.309 e. The topological polar surface area (TPSA) is 87.3 Å². The molecule has 0 aromatic carbocycles. The monoisotopic (exact) mass is 403 g/mol. The van der Waals surface area contributed by atoms with E-state index in [1.807, 2.05) is 29.8 Å². The van der Waals surface area contributed by atoms with E-state index in [0.717, 1.165) is 33.9 Å². The molecule has 1 unspecified atom stereocenters. The van der Waals surface area contributed by atoms with Crippen LogP contribution in [0.2, 0.25) is 0 Å². The summed E-state index contributed by atoms with van der Waals surface area (Å²) >= 11 is 4.61. The van der Waals surface area contributed by atoms with E-state index in [4.69, 9.17) is 0 Å². The lowest BCUT2D eigenvalue weighted by Crippen LogP contribution is -2.12. The number of thiophene rings is 2. The van der Waals surface area contributed by atoms with Crippen LogP contribution < -0.4 is 5.56 Å². The fourth-order valence-electron chi connectivity index (χ4n) is 2.66. The Morgan fingerprint density at radius 2 is 2.19 bits per heavy atom. The summed E-state index contributed by atoms with van der Waals surface area (Å²) in [6, 6.07) is 4.01. The second-order valence-electron chi connectivity index (χ2n) is 5.83. The SMILES string of the molecule is CCCc1nc(SC(C)c2nc3scc(-c4cccs4)c3c(=O)[nH]2)n[nH]1. The molecule has 4 aromatic rings. The van der Waals surface area contributed by atoms with Crippen LogP contribution >= 0.6 is 34.4 Å². The third-order valence-corrected chi connectivity index (χ3v) is 6.66. The van der Waals surface area contributed by atoms with Crippen LogP contribution in [-0.2, 0) is 6.42 Å². The maximum Gasteiger partial charge on any atom is 0.260 e. The van der Waals surface area contributed by atoms with E-state index >= 15 is 0 Å². The van der Waals surface area contributed by atoms with Gasteiger partial charge < -0.3 is 4.98 Å². The van der Waals surface area contributed by atoms with Gasteiger partial charge in [0.05, 0.1) is 10.6 Å². The van der Waals surface area contributed by atoms with Crippen molar-refractivity contribution < 1.29 is 0 Å². The molecule has 0 saturated heterocycles. The van der Waals surface area contributed by atoms with Crippen LogP contribution in [0, 0.1) is 0 Å². The van der Waals surface area contributed by atoms with Gasteiger partial charge in [0.25, 0.3) is 5.56 Å². The highest BCUT2D eigenvalue weighted by atomic mass is 32.2. The Hall–Kier alpha value is -1.97. The van der Waals surface area contributed by atoms with Crippen LogP contribution in [0.1, 0.15) is 37.2 Å². The summed E-state index contributed by atoms with van der Waals surface area (Å²) in [7, 11) is 0. The molecule has 0 fully saturated rings. The highest BCUT2D eigenvalue weighted by Gasteiger charge is 2.18. The molecular formula is C17H17N5OS3. The van der Waals surface area contributed by atoms with E-state index in [-0.39, 0.29) is 10.8 Å². The smallest absolute Gasteiger partial charge is 0.260 e. The van der Waals surface area contributed by atoms with Crippen molar-refractivity contribution in [2.24, 2.45) is 0 Å². The van der Waals surface area contributed by atoms with Crippen LogP contribution in [0.3, 0.4) is 0 Å². The minimum atomic E-state index is -0.0937. The molecule has 0 spiro atoms. The van der Waals surface area contributed by atoms with Crippen molar-refractivity contribution in [3.63, 3.8) is 0 Å². The van der Waals surface area contributed by atoms with Crippen molar-refractivity contribution in [1.82, 2.24) is 25.1 Å². The highest BCUT2D eigenvalue weighted by molar-refractivity contribution is 7.99. The molecule has 26 heavy (non-hydrogen) atoms. The number of nitrogens with zero attached hydrogens (tertiary/aromatic N) is 3. The first kappa shape index (κ1) is 17.4. The lowest BCUT2D eigenvalue weighted by Gasteiger charge is -2.08. The molecule has 4 rings (SSSR count). The average Bonchev–Trinajstić information content (AvgIpc) is 3.34. The lowest BCUT2D eigenvalue weighted by atomic mass is 10.2. The van der Waals surface area contributed by atoms with Gasteiger partial charge in [-0.05, 0) is 24.8 Å². The first-order chi connectivity index (χ1) is 12.7. The van der Waals surface area contributed by atoms with Crippen LogP contribution in [-0.4, -0.2) is 25.1 Å². The molecule has 9 heteroatoms. The summed E-state index contributed by atoms with van der Waals surface area (Å²) in [5.41, 5.74) is 0.863. The maximum absolute atomic E-state index is 12.7. The molecule has 4 aromatic heterocycles. The molecule has 0 bridgehead atoms. The van der Waals surface area contributed by atoms with Gasteiger partial charge in [-0.15, -0.1) is 27.8 Å². The van der Waals surface area contributed by atoms with E-state index in [9.17, 15) is 4.79 Å². The molecule has 4 heterocycles. The van der Waals surface area contributed by atoms with Crippen molar-refractivity contribution in [3.8, 4) is 10.4 Å².